The summed E-state index contributed by atoms with van der Waals surface area (Å²) in [6.07, 6.45) is 0. The van der Waals surface area contributed by atoms with Gasteiger partial charge in [-0.1, -0.05) is 11.2 Å². The van der Waals surface area contributed by atoms with Crippen LogP contribution in [0.3, 0.4) is 0 Å². The number of benzene rings is 1. The molecule has 0 aliphatic heterocycles. The predicted molar refractivity (Wildman–Crippen MR) is 62.4 cm³/mol. The van der Waals surface area contributed by atoms with Gasteiger partial charge in [-0.3, -0.25) is 0 Å². The van der Waals surface area contributed by atoms with Gasteiger partial charge in [0.25, 0.3) is 0 Å². The van der Waals surface area contributed by atoms with Gasteiger partial charge in [-0.2, -0.15) is 4.98 Å². The van der Waals surface area contributed by atoms with Crippen LogP contribution in [0.25, 0.3) is 0 Å². The Balaban J connectivity index is 2.15. The second-order valence-electron chi connectivity index (χ2n) is 3.99. The minimum atomic E-state index is -0.376. The number of nitrogens with zero attached hydrogens (tertiary/aromatic N) is 2. The van der Waals surface area contributed by atoms with E-state index in [0.29, 0.717) is 17.5 Å². The van der Waals surface area contributed by atoms with E-state index < -0.39 is 0 Å². The first-order chi connectivity index (χ1) is 8.56. The molecule has 1 heterocycles. The van der Waals surface area contributed by atoms with E-state index in [-0.39, 0.29) is 18.5 Å². The molecule has 0 fully saturated rings. The predicted octanol–water partition coefficient (Wildman–Crippen LogP) is 2.12. The highest BCUT2D eigenvalue weighted by molar-refractivity contribution is 5.36. The van der Waals surface area contributed by atoms with Gasteiger partial charge in [-0.25, -0.2) is 4.39 Å². The summed E-state index contributed by atoms with van der Waals surface area (Å²) in [5.41, 5.74) is 6.52. The van der Waals surface area contributed by atoms with Crippen LogP contribution in [0.4, 0.5) is 4.39 Å². The van der Waals surface area contributed by atoms with Crippen molar-refractivity contribution in [2.75, 3.05) is 0 Å². The molecule has 0 unspecified atom stereocenters. The molecule has 0 bridgehead atoms. The standard InChI is InChI=1S/C12H14FN3O2/c1-7(14)10-4-3-9(13)5-11(10)17-6-12-15-8(2)18-16-12/h3-5,7H,6,14H2,1-2H3/t7-/m0/s1. The minimum Gasteiger partial charge on any atom is -0.485 e. The number of hydrogen-bond donors (Lipinski definition) is 1. The summed E-state index contributed by atoms with van der Waals surface area (Å²) in [4.78, 5) is 3.99. The van der Waals surface area contributed by atoms with E-state index in [1.165, 1.54) is 12.1 Å². The number of halogens is 1. The molecule has 2 rings (SSSR count). The zero-order valence-corrected chi connectivity index (χ0v) is 10.2. The molecule has 18 heavy (non-hydrogen) atoms. The molecule has 0 aliphatic carbocycles. The van der Waals surface area contributed by atoms with Gasteiger partial charge in [0.15, 0.2) is 6.61 Å². The zero-order chi connectivity index (χ0) is 13.1. The molecule has 0 saturated heterocycles. The molecular formula is C12H14FN3O2. The van der Waals surface area contributed by atoms with Crippen LogP contribution in [0.1, 0.15) is 30.2 Å². The summed E-state index contributed by atoms with van der Waals surface area (Å²) < 4.78 is 23.5. The van der Waals surface area contributed by atoms with Crippen molar-refractivity contribution < 1.29 is 13.7 Å². The second kappa shape index (κ2) is 5.14. The van der Waals surface area contributed by atoms with E-state index in [2.05, 4.69) is 10.1 Å². The molecule has 5 nitrogen and oxygen atoms in total. The summed E-state index contributed by atoms with van der Waals surface area (Å²) >= 11 is 0. The highest BCUT2D eigenvalue weighted by Gasteiger charge is 2.11. The molecule has 1 aromatic heterocycles. The average Bonchev–Trinajstić information content (AvgIpc) is 2.72. The molecule has 6 heteroatoms. The fraction of sp³-hybridized carbons (Fsp3) is 0.333. The van der Waals surface area contributed by atoms with E-state index in [9.17, 15) is 4.39 Å². The Labute approximate surface area is 104 Å². The average molecular weight is 251 g/mol. The van der Waals surface area contributed by atoms with Gasteiger partial charge in [0.05, 0.1) is 0 Å². The number of ether oxygens (including phenoxy) is 1. The largest absolute Gasteiger partial charge is 0.485 e. The van der Waals surface area contributed by atoms with Crippen molar-refractivity contribution in [3.8, 4) is 5.75 Å². The van der Waals surface area contributed by atoms with Crippen molar-refractivity contribution in [3.63, 3.8) is 0 Å². The normalized spacial score (nSPS) is 12.4. The third-order valence-corrected chi connectivity index (χ3v) is 2.39. The molecule has 0 radical (unpaired) electrons. The lowest BCUT2D eigenvalue weighted by Crippen LogP contribution is -2.08. The topological polar surface area (TPSA) is 74.2 Å². The molecule has 2 aromatic rings. The van der Waals surface area contributed by atoms with E-state index >= 15 is 0 Å². The Morgan fingerprint density at radius 2 is 2.28 bits per heavy atom. The van der Waals surface area contributed by atoms with E-state index in [0.717, 1.165) is 5.56 Å². The van der Waals surface area contributed by atoms with Gasteiger partial charge in [-0.05, 0) is 13.0 Å². The van der Waals surface area contributed by atoms with Crippen molar-refractivity contribution >= 4 is 0 Å². The Kier molecular flexibility index (Phi) is 3.57. The zero-order valence-electron chi connectivity index (χ0n) is 10.2. The van der Waals surface area contributed by atoms with Crippen LogP contribution in [0.5, 0.6) is 5.75 Å². The summed E-state index contributed by atoms with van der Waals surface area (Å²) in [6.45, 7) is 3.60. The van der Waals surface area contributed by atoms with Gasteiger partial charge in [0.1, 0.15) is 11.6 Å². The molecule has 0 spiro atoms. The van der Waals surface area contributed by atoms with Gasteiger partial charge in [0.2, 0.25) is 11.7 Å². The second-order valence-corrected chi connectivity index (χ2v) is 3.99. The van der Waals surface area contributed by atoms with Crippen LogP contribution in [0, 0.1) is 12.7 Å². The number of hydrogen-bond acceptors (Lipinski definition) is 5. The van der Waals surface area contributed by atoms with Crippen LogP contribution >= 0.6 is 0 Å². The number of rotatable bonds is 4. The molecule has 1 atom stereocenters. The molecule has 1 aromatic carbocycles. The number of aryl methyl sites for hydroxylation is 1. The minimum absolute atomic E-state index is 0.112. The molecule has 2 N–H and O–H groups in total. The lowest BCUT2D eigenvalue weighted by Gasteiger charge is -2.12. The highest BCUT2D eigenvalue weighted by Crippen LogP contribution is 2.25. The lowest BCUT2D eigenvalue weighted by atomic mass is 10.1. The highest BCUT2D eigenvalue weighted by atomic mass is 19.1. The Bertz CT molecular complexity index is 540. The first-order valence-corrected chi connectivity index (χ1v) is 5.53. The number of nitrogens with two attached hydrogens (primary N) is 1. The lowest BCUT2D eigenvalue weighted by molar-refractivity contribution is 0.280. The molecule has 0 amide bonds. The van der Waals surface area contributed by atoms with E-state index in [1.807, 2.05) is 0 Å². The maximum absolute atomic E-state index is 13.2. The third kappa shape index (κ3) is 2.84. The first kappa shape index (κ1) is 12.5. The summed E-state index contributed by atoms with van der Waals surface area (Å²) in [7, 11) is 0. The third-order valence-electron chi connectivity index (χ3n) is 2.39. The van der Waals surface area contributed by atoms with Gasteiger partial charge in [-0.15, -0.1) is 0 Å². The van der Waals surface area contributed by atoms with Crippen molar-refractivity contribution in [2.24, 2.45) is 5.73 Å². The maximum atomic E-state index is 13.2. The van der Waals surface area contributed by atoms with Crippen LogP contribution in [0.15, 0.2) is 22.7 Å². The van der Waals surface area contributed by atoms with Crippen LogP contribution in [0.2, 0.25) is 0 Å². The van der Waals surface area contributed by atoms with Gasteiger partial charge < -0.3 is 15.0 Å². The maximum Gasteiger partial charge on any atom is 0.223 e. The van der Waals surface area contributed by atoms with Crippen LogP contribution in [-0.4, -0.2) is 10.1 Å². The summed E-state index contributed by atoms with van der Waals surface area (Å²) in [6, 6.07) is 4.01. The fourth-order valence-electron chi connectivity index (χ4n) is 1.55. The smallest absolute Gasteiger partial charge is 0.223 e. The fourth-order valence-corrected chi connectivity index (χ4v) is 1.55. The molecule has 0 saturated carbocycles. The monoisotopic (exact) mass is 251 g/mol. The Hall–Kier alpha value is -1.95. The van der Waals surface area contributed by atoms with Gasteiger partial charge >= 0.3 is 0 Å². The Morgan fingerprint density at radius 3 is 2.89 bits per heavy atom. The van der Waals surface area contributed by atoms with Crippen molar-refractivity contribution in [2.45, 2.75) is 26.5 Å². The van der Waals surface area contributed by atoms with Gasteiger partial charge in [0, 0.05) is 24.6 Å². The van der Waals surface area contributed by atoms with Crippen molar-refractivity contribution in [3.05, 3.63) is 41.3 Å². The molecule has 96 valence electrons. The molecule has 0 aliphatic rings. The van der Waals surface area contributed by atoms with E-state index in [4.69, 9.17) is 15.0 Å². The van der Waals surface area contributed by atoms with Crippen LogP contribution < -0.4 is 10.5 Å². The van der Waals surface area contributed by atoms with Crippen molar-refractivity contribution in [1.29, 1.82) is 0 Å². The SMILES string of the molecule is Cc1nc(COc2cc(F)ccc2[C@H](C)N)no1. The number of aromatic nitrogens is 2. The first-order valence-electron chi connectivity index (χ1n) is 5.53. The summed E-state index contributed by atoms with van der Waals surface area (Å²) in [5.74, 6) is 0.888. The molecular weight excluding hydrogens is 237 g/mol. The summed E-state index contributed by atoms with van der Waals surface area (Å²) in [5, 5.41) is 3.69. The van der Waals surface area contributed by atoms with Crippen LogP contribution in [-0.2, 0) is 6.61 Å². The Morgan fingerprint density at radius 1 is 1.50 bits per heavy atom. The quantitative estimate of drug-likeness (QED) is 0.900. The van der Waals surface area contributed by atoms with E-state index in [1.54, 1.807) is 19.9 Å². The van der Waals surface area contributed by atoms with Crippen molar-refractivity contribution in [1.82, 2.24) is 10.1 Å².